The molecule has 1 atom stereocenters. The van der Waals surface area contributed by atoms with E-state index in [1.165, 1.54) is 31.2 Å². The number of amides is 1. The van der Waals surface area contributed by atoms with Crippen molar-refractivity contribution in [1.82, 2.24) is 5.32 Å². The van der Waals surface area contributed by atoms with E-state index >= 15 is 0 Å². The van der Waals surface area contributed by atoms with Gasteiger partial charge in [-0.25, -0.2) is 0 Å². The summed E-state index contributed by atoms with van der Waals surface area (Å²) >= 11 is 0. The number of nitrogens with one attached hydrogen (secondary N) is 1. The van der Waals surface area contributed by atoms with Crippen LogP contribution in [0.5, 0.6) is 0 Å². The third kappa shape index (κ3) is 4.29. The van der Waals surface area contributed by atoms with Gasteiger partial charge in [0.2, 0.25) is 5.91 Å². The number of benzene rings is 2. The van der Waals surface area contributed by atoms with Crippen molar-refractivity contribution in [3.8, 4) is 23.5 Å². The Bertz CT molecular complexity index is 781. The number of carbonyl (C=O) groups is 1. The quantitative estimate of drug-likeness (QED) is 0.823. The lowest BCUT2D eigenvalue weighted by Crippen LogP contribution is -2.34. The molecule has 1 aliphatic rings. The van der Waals surface area contributed by atoms with E-state index < -0.39 is 5.91 Å². The van der Waals surface area contributed by atoms with Crippen molar-refractivity contribution < 1.29 is 4.79 Å². The number of primary amides is 1. The van der Waals surface area contributed by atoms with Gasteiger partial charge in [-0.3, -0.25) is 4.79 Å². The van der Waals surface area contributed by atoms with Crippen molar-refractivity contribution in [3.63, 3.8) is 0 Å². The molecule has 0 spiro atoms. The summed E-state index contributed by atoms with van der Waals surface area (Å²) < 4.78 is 0. The maximum Gasteiger partial charge on any atom is 0.249 e. The van der Waals surface area contributed by atoms with E-state index in [2.05, 4.69) is 23.4 Å². The molecule has 25 heavy (non-hydrogen) atoms. The van der Waals surface area contributed by atoms with Crippen molar-refractivity contribution in [3.05, 3.63) is 59.2 Å². The van der Waals surface area contributed by atoms with Gasteiger partial charge in [-0.1, -0.05) is 36.6 Å². The third-order valence-corrected chi connectivity index (χ3v) is 4.91. The average Bonchev–Trinajstić information content (AvgIpc) is 2.67. The Labute approximate surface area is 149 Å². The zero-order chi connectivity index (χ0) is 17.6. The summed E-state index contributed by atoms with van der Waals surface area (Å²) in [7, 11) is 0. The fraction of sp³-hybridized carbons (Fsp3) is 0.318. The minimum absolute atomic E-state index is 0.439. The summed E-state index contributed by atoms with van der Waals surface area (Å²) in [6, 6.07) is 14.3. The zero-order valence-electron chi connectivity index (χ0n) is 14.4. The number of hydrogen-bond acceptors (Lipinski definition) is 2. The summed E-state index contributed by atoms with van der Waals surface area (Å²) in [5.74, 6) is 2.17. The van der Waals surface area contributed by atoms with Gasteiger partial charge in [0, 0.05) is 17.2 Å². The van der Waals surface area contributed by atoms with E-state index in [9.17, 15) is 4.79 Å². The minimum atomic E-state index is -0.439. The Balaban J connectivity index is 1.75. The first-order valence-electron chi connectivity index (χ1n) is 8.90. The van der Waals surface area contributed by atoms with Gasteiger partial charge in [-0.2, -0.15) is 0 Å². The smallest absolute Gasteiger partial charge is 0.249 e. The highest BCUT2D eigenvalue weighted by atomic mass is 16.1. The van der Waals surface area contributed by atoms with Crippen LogP contribution in [-0.4, -0.2) is 18.5 Å². The van der Waals surface area contributed by atoms with E-state index in [1.807, 2.05) is 18.2 Å². The van der Waals surface area contributed by atoms with Crippen molar-refractivity contribution in [2.24, 2.45) is 5.73 Å². The Morgan fingerprint density at radius 2 is 2.00 bits per heavy atom. The second-order valence-corrected chi connectivity index (χ2v) is 6.65. The summed E-state index contributed by atoms with van der Waals surface area (Å²) in [4.78, 5) is 11.7. The molecule has 3 heteroatoms. The van der Waals surface area contributed by atoms with E-state index in [1.54, 1.807) is 12.1 Å². The van der Waals surface area contributed by atoms with Crippen LogP contribution in [0.25, 0.3) is 11.1 Å². The van der Waals surface area contributed by atoms with Gasteiger partial charge in [0.25, 0.3) is 0 Å². The van der Waals surface area contributed by atoms with Crippen molar-refractivity contribution in [2.45, 2.75) is 38.1 Å². The number of piperidine rings is 1. The lowest BCUT2D eigenvalue weighted by Gasteiger charge is -2.23. The largest absolute Gasteiger partial charge is 0.366 e. The maximum atomic E-state index is 11.7. The van der Waals surface area contributed by atoms with Gasteiger partial charge in [0.15, 0.2) is 0 Å². The lowest BCUT2D eigenvalue weighted by atomic mass is 9.94. The van der Waals surface area contributed by atoms with E-state index in [0.29, 0.717) is 11.6 Å². The molecule has 3 rings (SSSR count). The fourth-order valence-corrected chi connectivity index (χ4v) is 3.45. The average molecular weight is 332 g/mol. The summed E-state index contributed by atoms with van der Waals surface area (Å²) in [5.41, 5.74) is 9.82. The molecule has 3 N–H and O–H groups in total. The van der Waals surface area contributed by atoms with Crippen LogP contribution in [0, 0.1) is 12.3 Å². The number of rotatable bonds is 5. The molecule has 1 heterocycles. The van der Waals surface area contributed by atoms with Crippen LogP contribution < -0.4 is 11.1 Å². The van der Waals surface area contributed by atoms with E-state index in [4.69, 9.17) is 12.2 Å². The molecular formula is C22H24N2O. The van der Waals surface area contributed by atoms with Crippen LogP contribution in [0.2, 0.25) is 0 Å². The molecular weight excluding hydrogens is 308 g/mol. The Morgan fingerprint density at radius 3 is 2.64 bits per heavy atom. The predicted molar refractivity (Wildman–Crippen MR) is 102 cm³/mol. The summed E-state index contributed by atoms with van der Waals surface area (Å²) in [6.07, 6.45) is 11.6. The highest BCUT2D eigenvalue weighted by molar-refractivity contribution is 6.00. The number of nitrogens with two attached hydrogens (primary N) is 1. The summed E-state index contributed by atoms with van der Waals surface area (Å²) in [6.45, 7) is 1.14. The molecule has 2 aromatic carbocycles. The van der Waals surface area contributed by atoms with Crippen LogP contribution >= 0.6 is 0 Å². The molecule has 2 aromatic rings. The molecule has 0 saturated carbocycles. The van der Waals surface area contributed by atoms with Crippen LogP contribution in [0.4, 0.5) is 0 Å². The standard InChI is InChI=1S/C22H24N2O/c1-2-16-9-13-20(22(23)25)21(15-16)18-10-6-17(7-11-18)8-12-19-5-3-4-14-24-19/h1,6-7,9-11,13,15,19,24H,3-5,8,12,14H2,(H2,23,25). The first-order valence-corrected chi connectivity index (χ1v) is 8.90. The first kappa shape index (κ1) is 17.3. The third-order valence-electron chi connectivity index (χ3n) is 4.91. The monoisotopic (exact) mass is 332 g/mol. The van der Waals surface area contributed by atoms with E-state index in [0.717, 1.165) is 29.7 Å². The lowest BCUT2D eigenvalue weighted by molar-refractivity contribution is 0.100. The molecule has 0 aliphatic carbocycles. The van der Waals surface area contributed by atoms with Crippen LogP contribution in [-0.2, 0) is 6.42 Å². The SMILES string of the molecule is C#Cc1ccc(C(N)=O)c(-c2ccc(CCC3CCCCN3)cc2)c1. The van der Waals surface area contributed by atoms with E-state index in [-0.39, 0.29) is 0 Å². The topological polar surface area (TPSA) is 55.1 Å². The minimum Gasteiger partial charge on any atom is -0.366 e. The second-order valence-electron chi connectivity index (χ2n) is 6.65. The van der Waals surface area contributed by atoms with Crippen LogP contribution in [0.15, 0.2) is 42.5 Å². The molecule has 0 bridgehead atoms. The van der Waals surface area contributed by atoms with Crippen molar-refractivity contribution >= 4 is 5.91 Å². The number of terminal acetylenes is 1. The normalized spacial score (nSPS) is 17.0. The molecule has 1 saturated heterocycles. The molecule has 1 unspecified atom stereocenters. The van der Waals surface area contributed by atoms with Gasteiger partial charge in [-0.05, 0) is 67.1 Å². The predicted octanol–water partition coefficient (Wildman–Crippen LogP) is 3.51. The second kappa shape index (κ2) is 8.00. The first-order chi connectivity index (χ1) is 12.2. The van der Waals surface area contributed by atoms with Crippen LogP contribution in [0.3, 0.4) is 0 Å². The van der Waals surface area contributed by atoms with Gasteiger partial charge in [0.05, 0.1) is 0 Å². The molecule has 3 nitrogen and oxygen atoms in total. The Hall–Kier alpha value is -2.57. The molecule has 1 aliphatic heterocycles. The molecule has 128 valence electrons. The zero-order valence-corrected chi connectivity index (χ0v) is 14.4. The number of carbonyl (C=O) groups excluding carboxylic acids is 1. The highest BCUT2D eigenvalue weighted by Gasteiger charge is 2.13. The van der Waals surface area contributed by atoms with Crippen LogP contribution in [0.1, 0.15) is 47.2 Å². The summed E-state index contributed by atoms with van der Waals surface area (Å²) in [5, 5.41) is 3.59. The van der Waals surface area contributed by atoms with Crippen molar-refractivity contribution in [2.75, 3.05) is 6.54 Å². The molecule has 0 aromatic heterocycles. The van der Waals surface area contributed by atoms with Crippen molar-refractivity contribution in [1.29, 1.82) is 0 Å². The highest BCUT2D eigenvalue weighted by Crippen LogP contribution is 2.26. The molecule has 1 fully saturated rings. The molecule has 1 amide bonds. The Morgan fingerprint density at radius 1 is 1.20 bits per heavy atom. The maximum absolute atomic E-state index is 11.7. The molecule has 0 radical (unpaired) electrons. The van der Waals surface area contributed by atoms with Gasteiger partial charge >= 0.3 is 0 Å². The van der Waals surface area contributed by atoms with Gasteiger partial charge < -0.3 is 11.1 Å². The number of aryl methyl sites for hydroxylation is 1. The fourth-order valence-electron chi connectivity index (χ4n) is 3.45. The van der Waals surface area contributed by atoms with Gasteiger partial charge in [0.1, 0.15) is 0 Å². The Kier molecular flexibility index (Phi) is 5.53. The van der Waals surface area contributed by atoms with Gasteiger partial charge in [-0.15, -0.1) is 6.42 Å². The number of hydrogen-bond donors (Lipinski definition) is 2.